The van der Waals surface area contributed by atoms with Gasteiger partial charge in [0.2, 0.25) is 0 Å². The molecule has 2 aliphatic carbocycles. The van der Waals surface area contributed by atoms with Crippen molar-refractivity contribution in [2.75, 3.05) is 13.2 Å². The van der Waals surface area contributed by atoms with E-state index in [-0.39, 0.29) is 42.5 Å². The van der Waals surface area contributed by atoms with Crippen LogP contribution in [0.2, 0.25) is 0 Å². The molecule has 3 N–H and O–H groups in total. The molecule has 2 saturated carbocycles. The van der Waals surface area contributed by atoms with Crippen LogP contribution in [0.15, 0.2) is 24.3 Å². The van der Waals surface area contributed by atoms with E-state index in [1.54, 1.807) is 6.07 Å². The predicted octanol–water partition coefficient (Wildman–Crippen LogP) is 4.24. The average Bonchev–Trinajstić information content (AvgIpc) is 3.37. The van der Waals surface area contributed by atoms with Gasteiger partial charge in [0, 0.05) is 10.8 Å². The summed E-state index contributed by atoms with van der Waals surface area (Å²) in [6.07, 6.45) is 11.2. The van der Waals surface area contributed by atoms with E-state index in [0.29, 0.717) is 17.7 Å². The minimum Gasteiger partial charge on any atom is -0.459 e. The van der Waals surface area contributed by atoms with E-state index in [0.717, 1.165) is 43.4 Å². The lowest BCUT2D eigenvalue weighted by Gasteiger charge is -2.45. The summed E-state index contributed by atoms with van der Waals surface area (Å²) in [6, 6.07) is 6.06. The Hall–Kier alpha value is -1.72. The summed E-state index contributed by atoms with van der Waals surface area (Å²) in [7, 11) is 0. The van der Waals surface area contributed by atoms with E-state index in [4.69, 9.17) is 9.84 Å². The van der Waals surface area contributed by atoms with Crippen molar-refractivity contribution in [3.63, 3.8) is 0 Å². The van der Waals surface area contributed by atoms with Crippen molar-refractivity contribution in [3.05, 3.63) is 34.0 Å². The fourth-order valence-electron chi connectivity index (χ4n) is 5.47. The molecule has 5 atom stereocenters. The normalized spacial score (nSPS) is 27.2. The first-order valence-electron chi connectivity index (χ1n) is 12.2. The van der Waals surface area contributed by atoms with Crippen LogP contribution in [0, 0.1) is 34.5 Å². The number of thiophene rings is 1. The molecule has 6 nitrogen and oxygen atoms in total. The number of carbonyl (C=O) groups is 1. The first-order chi connectivity index (χ1) is 15.9. The Morgan fingerprint density at radius 3 is 2.85 bits per heavy atom. The first kappa shape index (κ1) is 25.9. The van der Waals surface area contributed by atoms with Crippen LogP contribution in [0.25, 0.3) is 0 Å². The number of rotatable bonds is 12. The van der Waals surface area contributed by atoms with E-state index in [1.807, 2.05) is 18.2 Å². The number of aliphatic hydroxyl groups is 3. The number of esters is 1. The number of carbonyl (C=O) groups excluding carboxylic acids is 1. The van der Waals surface area contributed by atoms with Gasteiger partial charge in [0.05, 0.1) is 30.8 Å². The summed E-state index contributed by atoms with van der Waals surface area (Å²) in [5.41, 5.74) is 0.0668. The van der Waals surface area contributed by atoms with Gasteiger partial charge in [0.25, 0.3) is 0 Å². The minimum atomic E-state index is -0.522. The molecular weight excluding hydrogens is 438 g/mol. The highest BCUT2D eigenvalue weighted by Gasteiger charge is 2.42. The number of hydrogen-bond donors (Lipinski definition) is 3. The van der Waals surface area contributed by atoms with Crippen molar-refractivity contribution in [2.45, 2.75) is 76.9 Å². The van der Waals surface area contributed by atoms with Crippen molar-refractivity contribution in [3.8, 4) is 6.07 Å². The third kappa shape index (κ3) is 6.24. The molecule has 2 fully saturated rings. The van der Waals surface area contributed by atoms with Crippen LogP contribution in [0.3, 0.4) is 0 Å². The second-order valence-corrected chi connectivity index (χ2v) is 10.7. The number of ether oxygens (including phenoxy) is 1. The SMILES string of the molecule is CCC1(C(O)CC=C[C@@H]2[C@@H](CCCc3ccc(C(=O)OCCO)s3)[C@H](C#N)C[C@H]2O)CCC1. The average molecular weight is 476 g/mol. The molecule has 0 radical (unpaired) electrons. The van der Waals surface area contributed by atoms with Gasteiger partial charge in [0.15, 0.2) is 0 Å². The molecule has 2 aliphatic rings. The molecule has 0 aromatic carbocycles. The van der Waals surface area contributed by atoms with Gasteiger partial charge >= 0.3 is 5.97 Å². The second-order valence-electron chi connectivity index (χ2n) is 9.55. The third-order valence-corrected chi connectivity index (χ3v) is 8.87. The van der Waals surface area contributed by atoms with Crippen LogP contribution in [0.5, 0.6) is 0 Å². The lowest BCUT2D eigenvalue weighted by atomic mass is 9.63. The number of nitriles is 1. The Kier molecular flexibility index (Phi) is 9.51. The summed E-state index contributed by atoms with van der Waals surface area (Å²) in [5, 5.41) is 39.7. The summed E-state index contributed by atoms with van der Waals surface area (Å²) >= 11 is 1.40. The van der Waals surface area contributed by atoms with Gasteiger partial charge in [-0.15, -0.1) is 11.3 Å². The molecule has 1 aromatic heterocycles. The molecule has 33 heavy (non-hydrogen) atoms. The van der Waals surface area contributed by atoms with Crippen molar-refractivity contribution in [1.82, 2.24) is 0 Å². The molecule has 0 spiro atoms. The maximum Gasteiger partial charge on any atom is 0.348 e. The lowest BCUT2D eigenvalue weighted by Crippen LogP contribution is -2.40. The fraction of sp³-hybridized carbons (Fsp3) is 0.692. The number of aliphatic hydroxyl groups excluding tert-OH is 3. The highest BCUT2D eigenvalue weighted by atomic mass is 32.1. The van der Waals surface area contributed by atoms with Crippen LogP contribution in [-0.2, 0) is 11.2 Å². The smallest absolute Gasteiger partial charge is 0.348 e. The van der Waals surface area contributed by atoms with Crippen molar-refractivity contribution < 1.29 is 24.9 Å². The molecule has 3 rings (SSSR count). The molecular formula is C26H37NO5S. The van der Waals surface area contributed by atoms with Crippen molar-refractivity contribution in [2.24, 2.45) is 23.2 Å². The fourth-order valence-corrected chi connectivity index (χ4v) is 6.41. The van der Waals surface area contributed by atoms with Gasteiger partial charge in [-0.25, -0.2) is 4.79 Å². The van der Waals surface area contributed by atoms with Crippen LogP contribution >= 0.6 is 11.3 Å². The van der Waals surface area contributed by atoms with Gasteiger partial charge in [-0.1, -0.05) is 25.5 Å². The molecule has 0 bridgehead atoms. The van der Waals surface area contributed by atoms with E-state index in [2.05, 4.69) is 13.0 Å². The van der Waals surface area contributed by atoms with Crippen LogP contribution in [0.4, 0.5) is 0 Å². The van der Waals surface area contributed by atoms with Crippen LogP contribution in [-0.4, -0.2) is 46.7 Å². The highest BCUT2D eigenvalue weighted by Crippen LogP contribution is 2.48. The number of aryl methyl sites for hydroxylation is 1. The molecule has 1 unspecified atom stereocenters. The molecule has 1 aromatic rings. The second kappa shape index (κ2) is 12.1. The summed E-state index contributed by atoms with van der Waals surface area (Å²) in [6.45, 7) is 1.96. The van der Waals surface area contributed by atoms with Crippen molar-refractivity contribution >= 4 is 17.3 Å². The Morgan fingerprint density at radius 1 is 1.42 bits per heavy atom. The van der Waals surface area contributed by atoms with Crippen LogP contribution < -0.4 is 0 Å². The van der Waals surface area contributed by atoms with Gasteiger partial charge in [-0.3, -0.25) is 0 Å². The number of hydrogen-bond acceptors (Lipinski definition) is 7. The Morgan fingerprint density at radius 2 is 2.21 bits per heavy atom. The summed E-state index contributed by atoms with van der Waals surface area (Å²) in [5.74, 6) is -0.548. The zero-order valence-electron chi connectivity index (χ0n) is 19.5. The van der Waals surface area contributed by atoms with Gasteiger partial charge < -0.3 is 20.1 Å². The topological polar surface area (TPSA) is 111 Å². The maximum atomic E-state index is 11.9. The Balaban J connectivity index is 1.53. The van der Waals surface area contributed by atoms with E-state index in [1.165, 1.54) is 17.8 Å². The first-order valence-corrected chi connectivity index (χ1v) is 13.0. The van der Waals surface area contributed by atoms with Gasteiger partial charge in [-0.05, 0) is 74.8 Å². The molecule has 1 heterocycles. The summed E-state index contributed by atoms with van der Waals surface area (Å²) < 4.78 is 4.96. The quantitative estimate of drug-likeness (QED) is 0.308. The third-order valence-electron chi connectivity index (χ3n) is 7.74. The van der Waals surface area contributed by atoms with Gasteiger partial charge in [0.1, 0.15) is 11.5 Å². The van der Waals surface area contributed by atoms with E-state index >= 15 is 0 Å². The molecule has 0 aliphatic heterocycles. The number of nitrogens with zero attached hydrogens (tertiary/aromatic N) is 1. The molecule has 0 amide bonds. The highest BCUT2D eigenvalue weighted by molar-refractivity contribution is 7.13. The Bertz CT molecular complexity index is 834. The Labute approximate surface area is 200 Å². The lowest BCUT2D eigenvalue weighted by molar-refractivity contribution is -0.0355. The maximum absolute atomic E-state index is 11.9. The largest absolute Gasteiger partial charge is 0.459 e. The zero-order valence-corrected chi connectivity index (χ0v) is 20.3. The predicted molar refractivity (Wildman–Crippen MR) is 128 cm³/mol. The summed E-state index contributed by atoms with van der Waals surface area (Å²) in [4.78, 5) is 13.5. The van der Waals surface area contributed by atoms with E-state index < -0.39 is 12.1 Å². The van der Waals surface area contributed by atoms with Gasteiger partial charge in [-0.2, -0.15) is 5.26 Å². The molecule has 0 saturated heterocycles. The van der Waals surface area contributed by atoms with E-state index in [9.17, 15) is 20.3 Å². The van der Waals surface area contributed by atoms with Crippen molar-refractivity contribution in [1.29, 1.82) is 5.26 Å². The molecule has 7 heteroatoms. The zero-order chi connectivity index (χ0) is 23.8. The standard InChI is InChI=1S/C26H37NO5S/c1-2-26(12-5-13-26)24(30)9-4-8-21-20(18(17-27)16-22(21)29)7-3-6-19-10-11-23(33-19)25(31)32-15-14-28/h4,8,10-11,18,20-22,24,28-30H,2-3,5-7,9,12-16H2,1H3/t18-,20-,21+,22+,24?/m0/s1. The monoisotopic (exact) mass is 475 g/mol. The minimum absolute atomic E-state index is 0.00299. The molecule has 182 valence electrons. The van der Waals surface area contributed by atoms with Crippen LogP contribution in [0.1, 0.15) is 72.8 Å².